The zero-order valence-electron chi connectivity index (χ0n) is 9.23. The first-order valence-corrected chi connectivity index (χ1v) is 5.68. The van der Waals surface area contributed by atoms with Crippen LogP contribution in [-0.2, 0) is 0 Å². The lowest BCUT2D eigenvalue weighted by Crippen LogP contribution is -1.98. The smallest absolute Gasteiger partial charge is 0.167 e. The number of carbonyl (C=O) groups excluding carboxylic acids is 1. The number of carbonyl (C=O) groups is 1. The number of thioether (sulfide) groups is 1. The third-order valence-electron chi connectivity index (χ3n) is 2.02. The van der Waals surface area contributed by atoms with Crippen molar-refractivity contribution in [2.75, 3.05) is 7.11 Å². The van der Waals surface area contributed by atoms with E-state index in [0.717, 1.165) is 10.7 Å². The van der Waals surface area contributed by atoms with Crippen molar-refractivity contribution >= 4 is 17.5 Å². The van der Waals surface area contributed by atoms with Gasteiger partial charge >= 0.3 is 0 Å². The van der Waals surface area contributed by atoms with Gasteiger partial charge in [-0.15, -0.1) is 11.8 Å². The van der Waals surface area contributed by atoms with Crippen LogP contribution in [0.25, 0.3) is 0 Å². The molecule has 0 atom stereocenters. The Kier molecular flexibility index (Phi) is 4.86. The topological polar surface area (TPSA) is 26.3 Å². The molecule has 16 heavy (non-hydrogen) atoms. The Balaban J connectivity index is 2.65. The fourth-order valence-corrected chi connectivity index (χ4v) is 1.67. The molecule has 0 aliphatic rings. The molecule has 1 rings (SSSR count). The van der Waals surface area contributed by atoms with Crippen molar-refractivity contribution < 1.29 is 9.53 Å². The molecular weight excluding hydrogens is 220 g/mol. The highest BCUT2D eigenvalue weighted by Crippen LogP contribution is 2.21. The molecule has 0 aromatic heterocycles. The number of methoxy groups -OCH3 is 1. The number of ketones is 1. The zero-order chi connectivity index (χ0) is 12.0. The van der Waals surface area contributed by atoms with Gasteiger partial charge in [0.15, 0.2) is 5.78 Å². The molecule has 1 aromatic carbocycles. The summed E-state index contributed by atoms with van der Waals surface area (Å²) in [5.41, 5.74) is 0.673. The van der Waals surface area contributed by atoms with Crippen LogP contribution in [0.1, 0.15) is 16.8 Å². The number of benzene rings is 1. The molecule has 0 N–H and O–H groups in total. The van der Waals surface area contributed by atoms with Crippen LogP contribution in [0.3, 0.4) is 0 Å². The van der Waals surface area contributed by atoms with Crippen molar-refractivity contribution in [3.8, 4) is 5.75 Å². The summed E-state index contributed by atoms with van der Waals surface area (Å²) < 4.78 is 5.02. The summed E-state index contributed by atoms with van der Waals surface area (Å²) in [6.45, 7) is 7.37. The first-order valence-electron chi connectivity index (χ1n) is 4.80. The third kappa shape index (κ3) is 3.59. The summed E-state index contributed by atoms with van der Waals surface area (Å²) in [5, 5.41) is 1.67. The van der Waals surface area contributed by atoms with Crippen LogP contribution < -0.4 is 4.74 Å². The average molecular weight is 234 g/mol. The molecule has 0 radical (unpaired) electrons. The van der Waals surface area contributed by atoms with E-state index in [0.29, 0.717) is 12.0 Å². The number of hydrogen-bond donors (Lipinski definition) is 0. The van der Waals surface area contributed by atoms with Gasteiger partial charge in [0.05, 0.1) is 7.11 Å². The molecule has 0 aliphatic heterocycles. The van der Waals surface area contributed by atoms with E-state index in [1.807, 2.05) is 0 Å². The predicted molar refractivity (Wildman–Crippen MR) is 68.9 cm³/mol. The minimum absolute atomic E-state index is 0.0574. The maximum absolute atomic E-state index is 11.8. The third-order valence-corrected chi connectivity index (χ3v) is 2.66. The highest BCUT2D eigenvalue weighted by Gasteiger charge is 2.07. The van der Waals surface area contributed by atoms with Crippen LogP contribution in [0.2, 0.25) is 0 Å². The van der Waals surface area contributed by atoms with E-state index in [1.165, 1.54) is 11.8 Å². The second kappa shape index (κ2) is 6.18. The molecule has 0 heterocycles. The summed E-state index contributed by atoms with van der Waals surface area (Å²) in [6, 6.07) is 7.06. The summed E-state index contributed by atoms with van der Waals surface area (Å²) in [6.07, 6.45) is 0.336. The number of ether oxygens (including phenoxy) is 1. The molecule has 0 aliphatic carbocycles. The van der Waals surface area contributed by atoms with E-state index in [9.17, 15) is 4.79 Å². The maximum Gasteiger partial charge on any atom is 0.167 e. The second-order valence-electron chi connectivity index (χ2n) is 3.15. The molecule has 0 amide bonds. The Labute approximate surface area is 100 Å². The van der Waals surface area contributed by atoms with Gasteiger partial charge in [-0.2, -0.15) is 0 Å². The molecule has 2 nitrogen and oxygen atoms in total. The summed E-state index contributed by atoms with van der Waals surface area (Å²) in [4.78, 5) is 12.6. The van der Waals surface area contributed by atoms with Gasteiger partial charge in [0.2, 0.25) is 0 Å². The van der Waals surface area contributed by atoms with Crippen LogP contribution in [0.5, 0.6) is 5.75 Å². The first kappa shape index (κ1) is 12.6. The summed E-state index contributed by atoms with van der Waals surface area (Å²) in [5.74, 6) is 0.804. The maximum atomic E-state index is 11.8. The van der Waals surface area contributed by atoms with Gasteiger partial charge < -0.3 is 4.74 Å². The standard InChI is InChI=1S/C13H14O2S/c1-4-16-10(2)9-13(14)11-5-7-12(15-3)8-6-11/h4-8H,1-2,9H2,3H3. The Bertz CT molecular complexity index is 393. The lowest BCUT2D eigenvalue weighted by atomic mass is 10.1. The second-order valence-corrected chi connectivity index (χ2v) is 4.30. The van der Waals surface area contributed by atoms with Crippen LogP contribution in [0, 0.1) is 0 Å². The van der Waals surface area contributed by atoms with Crippen molar-refractivity contribution in [2.45, 2.75) is 6.42 Å². The first-order chi connectivity index (χ1) is 7.67. The largest absolute Gasteiger partial charge is 0.497 e. The molecule has 0 saturated carbocycles. The number of allylic oxidation sites excluding steroid dienone is 1. The van der Waals surface area contributed by atoms with Crippen LogP contribution in [0.15, 0.2) is 47.7 Å². The van der Waals surface area contributed by atoms with Gasteiger partial charge in [-0.1, -0.05) is 13.2 Å². The van der Waals surface area contributed by atoms with Crippen molar-refractivity contribution in [1.82, 2.24) is 0 Å². The van der Waals surface area contributed by atoms with Gasteiger partial charge in [-0.05, 0) is 34.6 Å². The Hall–Kier alpha value is -1.48. The Morgan fingerprint density at radius 3 is 2.56 bits per heavy atom. The molecule has 0 unspecified atom stereocenters. The molecular formula is C13H14O2S. The number of hydrogen-bond acceptors (Lipinski definition) is 3. The lowest BCUT2D eigenvalue weighted by Gasteiger charge is -2.03. The fraction of sp³-hybridized carbons (Fsp3) is 0.154. The van der Waals surface area contributed by atoms with Gasteiger partial charge in [-0.25, -0.2) is 0 Å². The molecule has 0 fully saturated rings. The van der Waals surface area contributed by atoms with Crippen molar-refractivity contribution in [1.29, 1.82) is 0 Å². The van der Waals surface area contributed by atoms with Crippen molar-refractivity contribution in [3.63, 3.8) is 0 Å². The zero-order valence-corrected chi connectivity index (χ0v) is 10.0. The summed E-state index contributed by atoms with van der Waals surface area (Å²) in [7, 11) is 1.60. The molecule has 3 heteroatoms. The Morgan fingerprint density at radius 1 is 1.44 bits per heavy atom. The van der Waals surface area contributed by atoms with E-state index >= 15 is 0 Å². The average Bonchev–Trinajstić information content (AvgIpc) is 2.29. The molecule has 0 saturated heterocycles. The Morgan fingerprint density at radius 2 is 2.06 bits per heavy atom. The quantitative estimate of drug-likeness (QED) is 0.703. The van der Waals surface area contributed by atoms with E-state index in [4.69, 9.17) is 4.74 Å². The molecule has 0 bridgehead atoms. The summed E-state index contributed by atoms with van der Waals surface area (Å²) >= 11 is 1.39. The van der Waals surface area contributed by atoms with Crippen LogP contribution >= 0.6 is 11.8 Å². The van der Waals surface area contributed by atoms with E-state index < -0.39 is 0 Å². The van der Waals surface area contributed by atoms with Crippen LogP contribution in [0.4, 0.5) is 0 Å². The fourth-order valence-electron chi connectivity index (χ4n) is 1.22. The number of Topliss-reactive ketones (excluding diaryl/α,β-unsaturated/α-hetero) is 1. The van der Waals surface area contributed by atoms with E-state index in [-0.39, 0.29) is 5.78 Å². The van der Waals surface area contributed by atoms with Gasteiger partial charge in [0.25, 0.3) is 0 Å². The molecule has 84 valence electrons. The van der Waals surface area contributed by atoms with Crippen molar-refractivity contribution in [2.24, 2.45) is 0 Å². The lowest BCUT2D eigenvalue weighted by molar-refractivity contribution is 0.0995. The normalized spacial score (nSPS) is 9.56. The highest BCUT2D eigenvalue weighted by molar-refractivity contribution is 8.05. The van der Waals surface area contributed by atoms with Gasteiger partial charge in [-0.3, -0.25) is 4.79 Å². The highest BCUT2D eigenvalue weighted by atomic mass is 32.2. The van der Waals surface area contributed by atoms with Gasteiger partial charge in [0.1, 0.15) is 5.75 Å². The minimum Gasteiger partial charge on any atom is -0.497 e. The molecule has 0 spiro atoms. The predicted octanol–water partition coefficient (Wildman–Crippen LogP) is 3.66. The number of rotatable bonds is 6. The molecule has 1 aromatic rings. The SMILES string of the molecule is C=CSC(=C)CC(=O)c1ccc(OC)cc1. The minimum atomic E-state index is 0.0574. The van der Waals surface area contributed by atoms with Gasteiger partial charge in [0, 0.05) is 12.0 Å². The van der Waals surface area contributed by atoms with E-state index in [1.54, 1.807) is 36.8 Å². The monoisotopic (exact) mass is 234 g/mol. The van der Waals surface area contributed by atoms with Crippen LogP contribution in [-0.4, -0.2) is 12.9 Å². The van der Waals surface area contributed by atoms with E-state index in [2.05, 4.69) is 13.2 Å². The van der Waals surface area contributed by atoms with Crippen molar-refractivity contribution in [3.05, 3.63) is 53.3 Å².